The molecule has 0 unspecified atom stereocenters. The number of nitrogens with zero attached hydrogens (tertiary/aromatic N) is 2. The Labute approximate surface area is 92.7 Å². The molecule has 0 aliphatic carbocycles. The maximum Gasteiger partial charge on any atom is 0.302 e. The van der Waals surface area contributed by atoms with Crippen molar-refractivity contribution in [3.8, 4) is 0 Å². The lowest BCUT2D eigenvalue weighted by atomic mass is 10.1. The third-order valence-electron chi connectivity index (χ3n) is 2.35. The standard InChI is InChI=1S/C12H12N2O2/c15-12-9-8-11(13-14(12)16)7-6-10-4-2-1-3-5-10/h1-5,8-9,16H,6-7H2. The van der Waals surface area contributed by atoms with Gasteiger partial charge in [0.15, 0.2) is 0 Å². The van der Waals surface area contributed by atoms with E-state index < -0.39 is 5.56 Å². The molecule has 4 nitrogen and oxygen atoms in total. The summed E-state index contributed by atoms with van der Waals surface area (Å²) in [6.45, 7) is 0. The van der Waals surface area contributed by atoms with Crippen LogP contribution in [0.15, 0.2) is 47.3 Å². The summed E-state index contributed by atoms with van der Waals surface area (Å²) in [5, 5.41) is 12.8. The van der Waals surface area contributed by atoms with Gasteiger partial charge < -0.3 is 5.21 Å². The normalized spacial score (nSPS) is 10.2. The van der Waals surface area contributed by atoms with E-state index in [-0.39, 0.29) is 0 Å². The van der Waals surface area contributed by atoms with Crippen LogP contribution >= 0.6 is 0 Å². The molecule has 1 aromatic carbocycles. The van der Waals surface area contributed by atoms with Crippen LogP contribution in [0.1, 0.15) is 11.3 Å². The molecular formula is C12H12N2O2. The van der Waals surface area contributed by atoms with Crippen molar-refractivity contribution in [1.29, 1.82) is 0 Å². The van der Waals surface area contributed by atoms with Crippen LogP contribution in [0.5, 0.6) is 0 Å². The second kappa shape index (κ2) is 4.61. The Morgan fingerprint density at radius 3 is 2.50 bits per heavy atom. The maximum atomic E-state index is 10.9. The summed E-state index contributed by atoms with van der Waals surface area (Å²) < 4.78 is 0. The Morgan fingerprint density at radius 1 is 1.06 bits per heavy atom. The molecule has 0 aliphatic heterocycles. The van der Waals surface area contributed by atoms with Crippen LogP contribution in [0.25, 0.3) is 0 Å². The first kappa shape index (κ1) is 10.4. The van der Waals surface area contributed by atoms with Gasteiger partial charge in [0, 0.05) is 6.07 Å². The van der Waals surface area contributed by atoms with Crippen molar-refractivity contribution in [2.24, 2.45) is 0 Å². The van der Waals surface area contributed by atoms with Crippen molar-refractivity contribution in [2.45, 2.75) is 12.8 Å². The van der Waals surface area contributed by atoms with Gasteiger partial charge in [-0.15, -0.1) is 5.10 Å². The zero-order valence-electron chi connectivity index (χ0n) is 8.71. The smallest absolute Gasteiger partial charge is 0.302 e. The third kappa shape index (κ3) is 2.48. The molecule has 0 spiro atoms. The second-order valence-corrected chi connectivity index (χ2v) is 3.54. The van der Waals surface area contributed by atoms with Crippen LogP contribution in [0.2, 0.25) is 0 Å². The number of hydrogen-bond donors (Lipinski definition) is 1. The van der Waals surface area contributed by atoms with Crippen LogP contribution in [-0.4, -0.2) is 15.2 Å². The van der Waals surface area contributed by atoms with Crippen LogP contribution in [0.3, 0.4) is 0 Å². The molecule has 1 heterocycles. The van der Waals surface area contributed by atoms with Crippen LogP contribution in [0, 0.1) is 0 Å². The Morgan fingerprint density at radius 2 is 1.81 bits per heavy atom. The minimum Gasteiger partial charge on any atom is -0.409 e. The first-order valence-electron chi connectivity index (χ1n) is 5.08. The summed E-state index contributed by atoms with van der Waals surface area (Å²) in [5.74, 6) is 0. The third-order valence-corrected chi connectivity index (χ3v) is 2.35. The topological polar surface area (TPSA) is 55.1 Å². The molecule has 0 bridgehead atoms. The highest BCUT2D eigenvalue weighted by Crippen LogP contribution is 2.03. The van der Waals surface area contributed by atoms with Gasteiger partial charge in [-0.25, -0.2) is 0 Å². The molecule has 0 saturated heterocycles. The Kier molecular flexibility index (Phi) is 3.00. The summed E-state index contributed by atoms with van der Waals surface area (Å²) in [4.78, 5) is 11.3. The predicted molar refractivity (Wildman–Crippen MR) is 59.5 cm³/mol. The average Bonchev–Trinajstić information content (AvgIpc) is 2.32. The van der Waals surface area contributed by atoms with Crippen molar-refractivity contribution in [2.75, 3.05) is 0 Å². The summed E-state index contributed by atoms with van der Waals surface area (Å²) in [6, 6.07) is 13.0. The summed E-state index contributed by atoms with van der Waals surface area (Å²) in [5.41, 5.74) is 1.40. The van der Waals surface area contributed by atoms with Crippen LogP contribution < -0.4 is 5.56 Å². The van der Waals surface area contributed by atoms with Gasteiger partial charge in [-0.05, 0) is 24.5 Å². The van der Waals surface area contributed by atoms with Gasteiger partial charge in [-0.1, -0.05) is 35.2 Å². The number of aryl methyl sites for hydroxylation is 2. The predicted octanol–water partition coefficient (Wildman–Crippen LogP) is 1.27. The summed E-state index contributed by atoms with van der Waals surface area (Å²) in [6.07, 6.45) is 1.54. The number of rotatable bonds is 3. The van der Waals surface area contributed by atoms with Crippen LogP contribution in [-0.2, 0) is 12.8 Å². The van der Waals surface area contributed by atoms with E-state index in [1.165, 1.54) is 11.6 Å². The lowest BCUT2D eigenvalue weighted by Crippen LogP contribution is -2.20. The summed E-state index contributed by atoms with van der Waals surface area (Å²) >= 11 is 0. The second-order valence-electron chi connectivity index (χ2n) is 3.54. The molecule has 2 aromatic rings. The van der Waals surface area contributed by atoms with Gasteiger partial charge in [-0.2, -0.15) is 0 Å². The Bertz CT molecular complexity index is 520. The zero-order chi connectivity index (χ0) is 11.4. The molecule has 0 fully saturated rings. The minimum atomic E-state index is -0.511. The highest BCUT2D eigenvalue weighted by molar-refractivity contribution is 5.16. The van der Waals surface area contributed by atoms with Crippen molar-refractivity contribution >= 4 is 0 Å². The molecule has 16 heavy (non-hydrogen) atoms. The van der Waals surface area contributed by atoms with E-state index in [1.807, 2.05) is 30.3 Å². The molecule has 0 radical (unpaired) electrons. The Hall–Kier alpha value is -2.10. The fraction of sp³-hybridized carbons (Fsp3) is 0.167. The first-order chi connectivity index (χ1) is 7.75. The van der Waals surface area contributed by atoms with E-state index in [1.54, 1.807) is 6.07 Å². The lowest BCUT2D eigenvalue weighted by Gasteiger charge is -2.01. The minimum absolute atomic E-state index is 0.375. The number of aromatic nitrogens is 2. The van der Waals surface area contributed by atoms with E-state index in [9.17, 15) is 4.79 Å². The van der Waals surface area contributed by atoms with Crippen molar-refractivity contribution in [3.05, 3.63) is 64.1 Å². The van der Waals surface area contributed by atoms with E-state index in [0.717, 1.165) is 6.42 Å². The molecule has 1 N–H and O–H groups in total. The largest absolute Gasteiger partial charge is 0.409 e. The molecular weight excluding hydrogens is 204 g/mol. The molecule has 0 aliphatic rings. The van der Waals surface area contributed by atoms with Gasteiger partial charge in [-0.3, -0.25) is 4.79 Å². The fourth-order valence-corrected chi connectivity index (χ4v) is 1.49. The molecule has 0 saturated carbocycles. The van der Waals surface area contributed by atoms with E-state index in [2.05, 4.69) is 5.10 Å². The monoisotopic (exact) mass is 216 g/mol. The highest BCUT2D eigenvalue weighted by Gasteiger charge is 1.99. The van der Waals surface area contributed by atoms with Crippen molar-refractivity contribution in [1.82, 2.24) is 9.94 Å². The highest BCUT2D eigenvalue weighted by atomic mass is 16.5. The molecule has 1 aromatic heterocycles. The van der Waals surface area contributed by atoms with Gasteiger partial charge in [0.25, 0.3) is 0 Å². The van der Waals surface area contributed by atoms with Gasteiger partial charge in [0.1, 0.15) is 0 Å². The Balaban J connectivity index is 2.05. The van der Waals surface area contributed by atoms with E-state index >= 15 is 0 Å². The van der Waals surface area contributed by atoms with Gasteiger partial charge in [0.2, 0.25) is 0 Å². The van der Waals surface area contributed by atoms with E-state index in [0.29, 0.717) is 17.0 Å². The molecule has 2 rings (SSSR count). The lowest BCUT2D eigenvalue weighted by molar-refractivity contribution is 0.132. The van der Waals surface area contributed by atoms with E-state index in [4.69, 9.17) is 5.21 Å². The summed E-state index contributed by atoms with van der Waals surface area (Å²) in [7, 11) is 0. The van der Waals surface area contributed by atoms with Gasteiger partial charge >= 0.3 is 5.56 Å². The maximum absolute atomic E-state index is 10.9. The average molecular weight is 216 g/mol. The number of hydrogen-bond acceptors (Lipinski definition) is 3. The molecule has 0 amide bonds. The first-order valence-corrected chi connectivity index (χ1v) is 5.08. The zero-order valence-corrected chi connectivity index (χ0v) is 8.71. The van der Waals surface area contributed by atoms with Crippen molar-refractivity contribution in [3.63, 3.8) is 0 Å². The SMILES string of the molecule is O=c1ccc(CCc2ccccc2)nn1O. The van der Waals surface area contributed by atoms with Gasteiger partial charge in [0.05, 0.1) is 5.69 Å². The number of benzene rings is 1. The van der Waals surface area contributed by atoms with Crippen LogP contribution in [0.4, 0.5) is 0 Å². The molecule has 82 valence electrons. The quantitative estimate of drug-likeness (QED) is 0.786. The fourth-order valence-electron chi connectivity index (χ4n) is 1.49. The van der Waals surface area contributed by atoms with Crippen molar-refractivity contribution < 1.29 is 5.21 Å². The molecule has 0 atom stereocenters. The molecule has 4 heteroatoms.